The van der Waals surface area contributed by atoms with Crippen molar-refractivity contribution in [2.75, 3.05) is 0 Å². The molecule has 4 rings (SSSR count). The van der Waals surface area contributed by atoms with Crippen molar-refractivity contribution >= 4 is 21.4 Å². The Kier molecular flexibility index (Phi) is 4.32. The van der Waals surface area contributed by atoms with E-state index in [0.29, 0.717) is 10.7 Å². The van der Waals surface area contributed by atoms with E-state index in [1.165, 1.54) is 11.3 Å². The minimum Gasteiger partial charge on any atom is -0.264 e. The summed E-state index contributed by atoms with van der Waals surface area (Å²) >= 11 is 1.36. The van der Waals surface area contributed by atoms with E-state index in [9.17, 15) is 8.42 Å². The molecule has 25 heavy (non-hydrogen) atoms. The first-order valence-corrected chi connectivity index (χ1v) is 10.4. The molecule has 0 bridgehead atoms. The van der Waals surface area contributed by atoms with Gasteiger partial charge in [-0.25, -0.2) is 23.1 Å². The summed E-state index contributed by atoms with van der Waals surface area (Å²) in [7, 11) is -3.53. The summed E-state index contributed by atoms with van der Waals surface area (Å²) in [5.74, 6) is 0.619. The van der Waals surface area contributed by atoms with E-state index in [1.807, 2.05) is 12.1 Å². The molecule has 0 spiro atoms. The first-order valence-electron chi connectivity index (χ1n) is 7.94. The Morgan fingerprint density at radius 3 is 2.92 bits per heavy atom. The molecule has 6 nitrogen and oxygen atoms in total. The zero-order valence-corrected chi connectivity index (χ0v) is 14.9. The number of rotatable bonds is 4. The van der Waals surface area contributed by atoms with Crippen molar-refractivity contribution in [3.8, 4) is 11.4 Å². The van der Waals surface area contributed by atoms with E-state index in [4.69, 9.17) is 0 Å². The van der Waals surface area contributed by atoms with E-state index in [0.717, 1.165) is 36.1 Å². The van der Waals surface area contributed by atoms with Gasteiger partial charge in [-0.3, -0.25) is 4.98 Å². The molecule has 0 amide bonds. The van der Waals surface area contributed by atoms with Gasteiger partial charge >= 0.3 is 0 Å². The Labute approximate surface area is 150 Å². The van der Waals surface area contributed by atoms with Gasteiger partial charge in [-0.15, -0.1) is 0 Å². The number of aryl methyl sites for hydroxylation is 1. The zero-order chi connectivity index (χ0) is 17.3. The summed E-state index contributed by atoms with van der Waals surface area (Å²) in [5, 5.41) is 3.39. The summed E-state index contributed by atoms with van der Waals surface area (Å²) in [6.07, 6.45) is 7.62. The van der Waals surface area contributed by atoms with Crippen LogP contribution in [0.1, 0.15) is 30.1 Å². The molecule has 1 N–H and O–H groups in total. The number of nitrogens with zero attached hydrogens (tertiary/aromatic N) is 3. The van der Waals surface area contributed by atoms with Crippen LogP contribution in [-0.4, -0.2) is 23.4 Å². The first kappa shape index (κ1) is 16.3. The monoisotopic (exact) mass is 372 g/mol. The highest BCUT2D eigenvalue weighted by molar-refractivity contribution is 7.89. The molecular weight excluding hydrogens is 356 g/mol. The average Bonchev–Trinajstić information content (AvgIpc) is 3.18. The number of aromatic nitrogens is 3. The minimum atomic E-state index is -3.53. The van der Waals surface area contributed by atoms with Gasteiger partial charge in [-0.2, -0.15) is 11.3 Å². The maximum atomic E-state index is 12.5. The Morgan fingerprint density at radius 1 is 1.24 bits per heavy atom. The lowest BCUT2D eigenvalue weighted by Gasteiger charge is -2.25. The van der Waals surface area contributed by atoms with Crippen LogP contribution in [0.5, 0.6) is 0 Å². The molecule has 1 atom stereocenters. The SMILES string of the molecule is O=S(=O)(NC1CCCc2nc(-c3cccnc3)ncc21)c1ccsc1. The van der Waals surface area contributed by atoms with Crippen LogP contribution in [0, 0.1) is 0 Å². The third-order valence-corrected chi connectivity index (χ3v) is 6.51. The molecule has 1 aliphatic carbocycles. The maximum Gasteiger partial charge on any atom is 0.241 e. The second-order valence-electron chi connectivity index (χ2n) is 5.86. The van der Waals surface area contributed by atoms with Crippen LogP contribution in [0.2, 0.25) is 0 Å². The van der Waals surface area contributed by atoms with Gasteiger partial charge in [0.1, 0.15) is 0 Å². The maximum absolute atomic E-state index is 12.5. The number of fused-ring (bicyclic) bond motifs is 1. The Bertz CT molecular complexity index is 973. The normalized spacial score (nSPS) is 17.2. The summed E-state index contributed by atoms with van der Waals surface area (Å²) < 4.78 is 27.8. The molecule has 8 heteroatoms. The van der Waals surface area contributed by atoms with Crippen LogP contribution >= 0.6 is 11.3 Å². The van der Waals surface area contributed by atoms with Crippen LogP contribution in [0.25, 0.3) is 11.4 Å². The number of hydrogen-bond acceptors (Lipinski definition) is 6. The van der Waals surface area contributed by atoms with E-state index in [2.05, 4.69) is 19.7 Å². The number of pyridine rings is 1. The Morgan fingerprint density at radius 2 is 2.16 bits per heavy atom. The Balaban J connectivity index is 1.65. The van der Waals surface area contributed by atoms with Crippen molar-refractivity contribution in [3.05, 3.63) is 58.8 Å². The van der Waals surface area contributed by atoms with Crippen molar-refractivity contribution < 1.29 is 8.42 Å². The van der Waals surface area contributed by atoms with Gasteiger partial charge in [-0.05, 0) is 42.8 Å². The number of nitrogens with one attached hydrogen (secondary N) is 1. The second kappa shape index (κ2) is 6.62. The van der Waals surface area contributed by atoms with Crippen molar-refractivity contribution in [2.45, 2.75) is 30.2 Å². The zero-order valence-electron chi connectivity index (χ0n) is 13.3. The smallest absolute Gasteiger partial charge is 0.241 e. The van der Waals surface area contributed by atoms with Crippen LogP contribution in [0.15, 0.2) is 52.4 Å². The fourth-order valence-electron chi connectivity index (χ4n) is 2.96. The topological polar surface area (TPSA) is 84.8 Å². The molecule has 3 aromatic rings. The third kappa shape index (κ3) is 3.33. The standard InChI is InChI=1S/C17H16N4O2S2/c22-25(23,13-6-8-24-11-13)21-16-5-1-4-15-14(16)10-19-17(20-15)12-3-2-7-18-9-12/h2-3,6-11,16,21H,1,4-5H2. The van der Waals surface area contributed by atoms with Crippen molar-refractivity contribution in [1.29, 1.82) is 0 Å². The van der Waals surface area contributed by atoms with E-state index in [1.54, 1.807) is 35.4 Å². The van der Waals surface area contributed by atoms with Gasteiger partial charge in [0, 0.05) is 40.8 Å². The lowest BCUT2D eigenvalue weighted by atomic mass is 9.93. The van der Waals surface area contributed by atoms with Crippen molar-refractivity contribution in [3.63, 3.8) is 0 Å². The van der Waals surface area contributed by atoms with Crippen molar-refractivity contribution in [1.82, 2.24) is 19.7 Å². The van der Waals surface area contributed by atoms with Crippen LogP contribution in [0.3, 0.4) is 0 Å². The molecule has 0 aromatic carbocycles. The highest BCUT2D eigenvalue weighted by atomic mass is 32.2. The number of thiophene rings is 1. The minimum absolute atomic E-state index is 0.295. The number of hydrogen-bond donors (Lipinski definition) is 1. The van der Waals surface area contributed by atoms with E-state index < -0.39 is 10.0 Å². The van der Waals surface area contributed by atoms with Crippen molar-refractivity contribution in [2.24, 2.45) is 0 Å². The molecular formula is C17H16N4O2S2. The largest absolute Gasteiger partial charge is 0.264 e. The fraction of sp³-hybridized carbons (Fsp3) is 0.235. The van der Waals surface area contributed by atoms with Gasteiger partial charge in [-0.1, -0.05) is 0 Å². The summed E-state index contributed by atoms with van der Waals surface area (Å²) in [4.78, 5) is 13.5. The molecule has 0 aliphatic heterocycles. The van der Waals surface area contributed by atoms with Crippen LogP contribution in [-0.2, 0) is 16.4 Å². The highest BCUT2D eigenvalue weighted by Crippen LogP contribution is 2.31. The van der Waals surface area contributed by atoms with Crippen LogP contribution < -0.4 is 4.72 Å². The predicted molar refractivity (Wildman–Crippen MR) is 95.6 cm³/mol. The second-order valence-corrected chi connectivity index (χ2v) is 8.36. The van der Waals surface area contributed by atoms with Gasteiger partial charge < -0.3 is 0 Å². The fourth-order valence-corrected chi connectivity index (χ4v) is 5.24. The van der Waals surface area contributed by atoms with Gasteiger partial charge in [0.2, 0.25) is 10.0 Å². The van der Waals surface area contributed by atoms with E-state index >= 15 is 0 Å². The van der Waals surface area contributed by atoms with E-state index in [-0.39, 0.29) is 6.04 Å². The molecule has 0 saturated carbocycles. The quantitative estimate of drug-likeness (QED) is 0.761. The number of sulfonamides is 1. The molecule has 0 fully saturated rings. The predicted octanol–water partition coefficient (Wildman–Crippen LogP) is 2.96. The molecule has 3 aromatic heterocycles. The molecule has 1 unspecified atom stereocenters. The Hall–Kier alpha value is -2.16. The summed E-state index contributed by atoms with van der Waals surface area (Å²) in [6, 6.07) is 5.07. The molecule has 128 valence electrons. The third-order valence-electron chi connectivity index (χ3n) is 4.20. The summed E-state index contributed by atoms with van der Waals surface area (Å²) in [5.41, 5.74) is 2.61. The molecule has 3 heterocycles. The molecule has 0 saturated heterocycles. The van der Waals surface area contributed by atoms with Crippen LogP contribution in [0.4, 0.5) is 0 Å². The average molecular weight is 372 g/mol. The van der Waals surface area contributed by atoms with Gasteiger partial charge in [0.15, 0.2) is 5.82 Å². The molecule has 0 radical (unpaired) electrons. The lowest BCUT2D eigenvalue weighted by molar-refractivity contribution is 0.500. The highest BCUT2D eigenvalue weighted by Gasteiger charge is 2.27. The summed E-state index contributed by atoms with van der Waals surface area (Å²) in [6.45, 7) is 0. The van der Waals surface area contributed by atoms with Gasteiger partial charge in [0.25, 0.3) is 0 Å². The molecule has 1 aliphatic rings. The first-order chi connectivity index (χ1) is 12.1. The lowest BCUT2D eigenvalue weighted by Crippen LogP contribution is -2.31. The van der Waals surface area contributed by atoms with Gasteiger partial charge in [0.05, 0.1) is 10.9 Å².